The molecule has 0 unspecified atom stereocenters. The Morgan fingerprint density at radius 3 is 2.41 bits per heavy atom. The Morgan fingerprint density at radius 2 is 1.75 bits per heavy atom. The van der Waals surface area contributed by atoms with Crippen molar-refractivity contribution < 1.29 is 9.59 Å². The van der Waals surface area contributed by atoms with Crippen LogP contribution in [0.5, 0.6) is 0 Å². The lowest BCUT2D eigenvalue weighted by atomic mass is 9.91. The zero-order valence-corrected chi connectivity index (χ0v) is 25.9. The molecule has 2 amide bonds. The lowest BCUT2D eigenvalue weighted by molar-refractivity contribution is 0.0725. The van der Waals surface area contributed by atoms with Crippen molar-refractivity contribution in [3.8, 4) is 11.3 Å². The van der Waals surface area contributed by atoms with E-state index in [1.807, 2.05) is 36.1 Å². The predicted octanol–water partition coefficient (Wildman–Crippen LogP) is 5.65. The molecule has 2 aromatic heterocycles. The molecule has 5 rings (SSSR count). The highest BCUT2D eigenvalue weighted by Gasteiger charge is 2.21. The number of hydrogen-bond donors (Lipinski definition) is 3. The van der Waals surface area contributed by atoms with Crippen molar-refractivity contribution in [3.63, 3.8) is 0 Å². The predicted molar refractivity (Wildman–Crippen MR) is 174 cm³/mol. The molecule has 3 heterocycles. The Balaban J connectivity index is 1.38. The van der Waals surface area contributed by atoms with Gasteiger partial charge in [-0.15, -0.1) is 0 Å². The van der Waals surface area contributed by atoms with E-state index in [4.69, 9.17) is 5.73 Å². The van der Waals surface area contributed by atoms with Gasteiger partial charge >= 0.3 is 0 Å². The molecule has 10 heteroatoms. The number of benzene rings is 2. The SMILES string of the molecule is Cc1c(NC(=O)c2ccc(C(C)(C)C)nc2)cccc1-c1cn(C)c(=O)c(Nc2ccc(C(=O)N3CCCCC3)c(N)c2)n1. The number of carbonyl (C=O) groups excluding carboxylic acids is 2. The smallest absolute Gasteiger partial charge is 0.293 e. The monoisotopic (exact) mass is 593 g/mol. The number of piperidine rings is 1. The number of aryl methyl sites for hydroxylation is 1. The van der Waals surface area contributed by atoms with E-state index in [9.17, 15) is 14.4 Å². The second kappa shape index (κ2) is 12.3. The van der Waals surface area contributed by atoms with Crippen LogP contribution < -0.4 is 21.9 Å². The molecule has 1 fully saturated rings. The minimum atomic E-state index is -0.325. The van der Waals surface area contributed by atoms with Crippen molar-refractivity contribution in [1.29, 1.82) is 0 Å². The van der Waals surface area contributed by atoms with E-state index < -0.39 is 0 Å². The van der Waals surface area contributed by atoms with Crippen LogP contribution in [-0.2, 0) is 12.5 Å². The molecule has 0 atom stereocenters. The van der Waals surface area contributed by atoms with Crippen molar-refractivity contribution in [2.45, 2.75) is 52.4 Å². The van der Waals surface area contributed by atoms with Crippen LogP contribution in [0.2, 0.25) is 0 Å². The molecule has 2 aromatic carbocycles. The first-order chi connectivity index (χ1) is 20.9. The van der Waals surface area contributed by atoms with Gasteiger partial charge in [0.15, 0.2) is 5.82 Å². The highest BCUT2D eigenvalue weighted by atomic mass is 16.2. The minimum absolute atomic E-state index is 0.0783. The molecule has 4 N–H and O–H groups in total. The standard InChI is InChI=1S/C34H39N7O3/c1-21-24(10-9-11-27(21)39-31(42)22-12-15-29(36-19-22)34(2,3)4)28-20-40(5)33(44)30(38-28)37-23-13-14-25(26(35)18-23)32(43)41-16-7-6-8-17-41/h9-15,18-20H,6-8,16-17,35H2,1-5H3,(H,37,38)(H,39,42). The second-order valence-electron chi connectivity index (χ2n) is 12.3. The number of pyridine rings is 1. The van der Waals surface area contributed by atoms with Crippen molar-refractivity contribution in [3.05, 3.63) is 93.7 Å². The number of aromatic nitrogens is 3. The Bertz CT molecular complexity index is 1770. The summed E-state index contributed by atoms with van der Waals surface area (Å²) in [6.45, 7) is 9.58. The van der Waals surface area contributed by atoms with Crippen molar-refractivity contribution >= 4 is 34.7 Å². The lowest BCUT2D eigenvalue weighted by Crippen LogP contribution is -2.35. The number of nitrogens with zero attached hydrogens (tertiary/aromatic N) is 4. The summed E-state index contributed by atoms with van der Waals surface area (Å²) < 4.78 is 1.45. The third kappa shape index (κ3) is 6.49. The van der Waals surface area contributed by atoms with Gasteiger partial charge in [-0.3, -0.25) is 19.4 Å². The summed E-state index contributed by atoms with van der Waals surface area (Å²) in [6, 6.07) is 14.3. The van der Waals surface area contributed by atoms with Crippen molar-refractivity contribution in [2.75, 3.05) is 29.5 Å². The number of hydrogen-bond acceptors (Lipinski definition) is 7. The Labute approximate surface area is 257 Å². The first-order valence-corrected chi connectivity index (χ1v) is 14.8. The van der Waals surface area contributed by atoms with E-state index in [2.05, 4.69) is 41.4 Å². The first kappa shape index (κ1) is 30.5. The van der Waals surface area contributed by atoms with Gasteiger partial charge in [-0.25, -0.2) is 4.98 Å². The summed E-state index contributed by atoms with van der Waals surface area (Å²) in [5.74, 6) is -0.238. The highest BCUT2D eigenvalue weighted by Crippen LogP contribution is 2.29. The van der Waals surface area contributed by atoms with Gasteiger partial charge in [-0.1, -0.05) is 32.9 Å². The average Bonchev–Trinajstić information content (AvgIpc) is 3.00. The normalized spacial score (nSPS) is 13.4. The summed E-state index contributed by atoms with van der Waals surface area (Å²) in [5.41, 5.74) is 11.3. The Morgan fingerprint density at radius 1 is 1.00 bits per heavy atom. The summed E-state index contributed by atoms with van der Waals surface area (Å²) in [5, 5.41) is 6.07. The van der Waals surface area contributed by atoms with E-state index in [0.29, 0.717) is 33.9 Å². The fraction of sp³-hybridized carbons (Fsp3) is 0.324. The number of nitrogens with two attached hydrogens (primary N) is 1. The van der Waals surface area contributed by atoms with E-state index in [-0.39, 0.29) is 28.6 Å². The van der Waals surface area contributed by atoms with Crippen LogP contribution in [0.4, 0.5) is 22.9 Å². The van der Waals surface area contributed by atoms with Crippen LogP contribution in [0.25, 0.3) is 11.3 Å². The van der Waals surface area contributed by atoms with Crippen LogP contribution >= 0.6 is 0 Å². The number of likely N-dealkylation sites (tertiary alicyclic amines) is 1. The molecule has 1 aliphatic heterocycles. The Kier molecular flexibility index (Phi) is 8.53. The lowest BCUT2D eigenvalue weighted by Gasteiger charge is -2.27. The molecule has 0 aliphatic carbocycles. The maximum atomic E-state index is 13.1. The number of nitrogens with one attached hydrogen (secondary N) is 2. The molecule has 4 aromatic rings. The molecule has 228 valence electrons. The van der Waals surface area contributed by atoms with E-state index in [0.717, 1.165) is 49.2 Å². The third-order valence-electron chi connectivity index (χ3n) is 7.91. The zero-order valence-electron chi connectivity index (χ0n) is 25.9. The highest BCUT2D eigenvalue weighted by molar-refractivity contribution is 6.05. The molecule has 0 spiro atoms. The maximum absolute atomic E-state index is 13.1. The molecule has 1 aliphatic rings. The van der Waals surface area contributed by atoms with Crippen molar-refractivity contribution in [2.24, 2.45) is 7.05 Å². The van der Waals surface area contributed by atoms with Crippen LogP contribution in [-0.4, -0.2) is 44.3 Å². The number of rotatable bonds is 6. The first-order valence-electron chi connectivity index (χ1n) is 14.8. The summed E-state index contributed by atoms with van der Waals surface area (Å²) in [6.07, 6.45) is 6.36. The topological polar surface area (TPSA) is 135 Å². The molecule has 10 nitrogen and oxygen atoms in total. The molecular weight excluding hydrogens is 554 g/mol. The van der Waals surface area contributed by atoms with E-state index in [1.165, 1.54) is 4.57 Å². The molecular formula is C34H39N7O3. The largest absolute Gasteiger partial charge is 0.398 e. The fourth-order valence-corrected chi connectivity index (χ4v) is 5.27. The van der Waals surface area contributed by atoms with Gasteiger partial charge in [-0.05, 0) is 68.1 Å². The number of anilines is 4. The average molecular weight is 594 g/mol. The number of amides is 2. The summed E-state index contributed by atoms with van der Waals surface area (Å²) in [7, 11) is 1.66. The van der Waals surface area contributed by atoms with Gasteiger partial charge in [0, 0.05) is 66.3 Å². The van der Waals surface area contributed by atoms with Gasteiger partial charge in [0.05, 0.1) is 16.8 Å². The van der Waals surface area contributed by atoms with Crippen molar-refractivity contribution in [1.82, 2.24) is 19.4 Å². The van der Waals surface area contributed by atoms with E-state index in [1.54, 1.807) is 43.7 Å². The van der Waals surface area contributed by atoms with Crippen LogP contribution in [0.15, 0.2) is 65.7 Å². The zero-order chi connectivity index (χ0) is 31.6. The van der Waals surface area contributed by atoms with Crippen LogP contribution in [0.3, 0.4) is 0 Å². The number of nitrogen functional groups attached to an aromatic ring is 1. The molecule has 44 heavy (non-hydrogen) atoms. The van der Waals surface area contributed by atoms with Gasteiger partial charge in [0.1, 0.15) is 0 Å². The maximum Gasteiger partial charge on any atom is 0.293 e. The quantitative estimate of drug-likeness (QED) is 0.246. The van der Waals surface area contributed by atoms with Gasteiger partial charge < -0.3 is 25.8 Å². The summed E-state index contributed by atoms with van der Waals surface area (Å²) in [4.78, 5) is 50.0. The van der Waals surface area contributed by atoms with E-state index >= 15 is 0 Å². The van der Waals surface area contributed by atoms with Gasteiger partial charge in [0.25, 0.3) is 17.4 Å². The Hall–Kier alpha value is -4.99. The van der Waals surface area contributed by atoms with Gasteiger partial charge in [-0.2, -0.15) is 0 Å². The number of carbonyl (C=O) groups is 2. The molecule has 0 bridgehead atoms. The third-order valence-corrected chi connectivity index (χ3v) is 7.91. The fourth-order valence-electron chi connectivity index (χ4n) is 5.27. The second-order valence-corrected chi connectivity index (χ2v) is 12.3. The molecule has 0 saturated carbocycles. The minimum Gasteiger partial charge on any atom is -0.398 e. The molecule has 1 saturated heterocycles. The van der Waals surface area contributed by atoms with Gasteiger partial charge in [0.2, 0.25) is 0 Å². The van der Waals surface area contributed by atoms with Crippen LogP contribution in [0, 0.1) is 6.92 Å². The molecule has 0 radical (unpaired) electrons. The summed E-state index contributed by atoms with van der Waals surface area (Å²) >= 11 is 0. The van der Waals surface area contributed by atoms with Crippen LogP contribution in [0.1, 0.15) is 72.0 Å².